The smallest absolute Gasteiger partial charge is 0.410 e. The number of amides is 2. The third-order valence-corrected chi connectivity index (χ3v) is 13.3. The summed E-state index contributed by atoms with van der Waals surface area (Å²) >= 11 is 3.03. The Morgan fingerprint density at radius 1 is 0.703 bits per heavy atom. The molecule has 0 saturated carbocycles. The highest BCUT2D eigenvalue weighted by molar-refractivity contribution is 7.98. The second-order valence-corrected chi connectivity index (χ2v) is 22.1. The Morgan fingerprint density at radius 3 is 1.73 bits per heavy atom. The second-order valence-electron chi connectivity index (χ2n) is 20.5. The Balaban J connectivity index is 0.000000190. The molecule has 5 heterocycles. The van der Waals surface area contributed by atoms with Crippen LogP contribution in [0.25, 0.3) is 27.5 Å². The first kappa shape index (κ1) is 56.7. The largest absolute Gasteiger partial charge is 0.444 e. The van der Waals surface area contributed by atoms with Crippen molar-refractivity contribution in [3.8, 4) is 22.6 Å². The molecular formula is C58H72N10O4S2. The molecule has 2 amide bonds. The fraction of sp³-hybridized carbons (Fsp3) is 0.431. The lowest BCUT2D eigenvalue weighted by molar-refractivity contribution is 0.0184. The number of ether oxygens (including phenoxy) is 2. The molecule has 2 aliphatic rings. The van der Waals surface area contributed by atoms with E-state index in [9.17, 15) is 9.59 Å². The zero-order chi connectivity index (χ0) is 53.4. The lowest BCUT2D eigenvalue weighted by Crippen LogP contribution is -2.42. The molecule has 2 saturated heterocycles. The highest BCUT2D eigenvalue weighted by atomic mass is 32.2. The summed E-state index contributed by atoms with van der Waals surface area (Å²) in [5.41, 5.74) is 9.73. The fourth-order valence-corrected chi connectivity index (χ4v) is 8.96. The Morgan fingerprint density at radius 2 is 1.20 bits per heavy atom. The monoisotopic (exact) mass is 1040 g/mol. The van der Waals surface area contributed by atoms with Gasteiger partial charge in [-0.1, -0.05) is 113 Å². The number of thioether (sulfide) groups is 2. The number of piperidine rings is 2. The third kappa shape index (κ3) is 17.3. The quantitative estimate of drug-likeness (QED) is 0.0559. The number of carbonyl (C=O) groups is 2. The maximum atomic E-state index is 12.5. The first-order valence-corrected chi connectivity index (χ1v) is 27.6. The molecule has 6 aromatic rings. The van der Waals surface area contributed by atoms with Crippen LogP contribution >= 0.6 is 23.5 Å². The number of aryl methyl sites for hydroxylation is 3. The van der Waals surface area contributed by atoms with E-state index in [1.54, 1.807) is 28.4 Å². The number of hydrogen-bond donors (Lipinski definition) is 0. The number of hydrogen-bond acceptors (Lipinski definition) is 12. The summed E-state index contributed by atoms with van der Waals surface area (Å²) < 4.78 is 13.2. The van der Waals surface area contributed by atoms with Gasteiger partial charge in [0.25, 0.3) is 6.04 Å². The normalized spacial score (nSPS) is 14.8. The number of aliphatic imine (C=N–C) groups is 1. The molecule has 74 heavy (non-hydrogen) atoms. The molecule has 390 valence electrons. The van der Waals surface area contributed by atoms with Gasteiger partial charge in [-0.25, -0.2) is 41.1 Å². The van der Waals surface area contributed by atoms with Crippen molar-refractivity contribution in [1.82, 2.24) is 39.3 Å². The van der Waals surface area contributed by atoms with Crippen LogP contribution in [0.3, 0.4) is 0 Å². The van der Waals surface area contributed by atoms with E-state index in [0.717, 1.165) is 76.3 Å². The van der Waals surface area contributed by atoms with Gasteiger partial charge in [-0.15, -0.1) is 0 Å². The van der Waals surface area contributed by atoms with Gasteiger partial charge < -0.3 is 28.7 Å². The Bertz CT molecular complexity index is 2820. The average Bonchev–Trinajstić information content (AvgIpc) is 3.83. The van der Waals surface area contributed by atoms with Crippen LogP contribution in [-0.4, -0.2) is 114 Å². The van der Waals surface area contributed by atoms with E-state index in [-0.39, 0.29) is 30.3 Å². The van der Waals surface area contributed by atoms with Gasteiger partial charge in [0.05, 0.1) is 41.6 Å². The summed E-state index contributed by atoms with van der Waals surface area (Å²) in [6.07, 6.45) is 14.8. The first-order chi connectivity index (χ1) is 35.3. The van der Waals surface area contributed by atoms with Gasteiger partial charge in [0.2, 0.25) is 0 Å². The maximum absolute atomic E-state index is 12.5. The summed E-state index contributed by atoms with van der Waals surface area (Å²) in [6, 6.07) is 29.3. The minimum atomic E-state index is -0.490. The van der Waals surface area contributed by atoms with Crippen molar-refractivity contribution in [1.29, 1.82) is 0 Å². The number of rotatable bonds is 10. The number of benzene rings is 3. The summed E-state index contributed by atoms with van der Waals surface area (Å²) in [7, 11) is 0. The van der Waals surface area contributed by atoms with E-state index in [0.29, 0.717) is 26.2 Å². The number of carbonyl (C=O) groups excluding carboxylic acids is 2. The molecule has 3 aromatic carbocycles. The van der Waals surface area contributed by atoms with Crippen LogP contribution in [0.5, 0.6) is 0 Å². The molecule has 0 spiro atoms. The van der Waals surface area contributed by atoms with Crippen LogP contribution in [0.15, 0.2) is 119 Å². The van der Waals surface area contributed by atoms with Gasteiger partial charge in [-0.05, 0) is 118 Å². The molecule has 1 unspecified atom stereocenters. The van der Waals surface area contributed by atoms with Crippen molar-refractivity contribution in [2.75, 3.05) is 38.7 Å². The zero-order valence-corrected chi connectivity index (χ0v) is 46.5. The highest BCUT2D eigenvalue weighted by Crippen LogP contribution is 2.36. The molecule has 2 aliphatic heterocycles. The van der Waals surface area contributed by atoms with Crippen molar-refractivity contribution < 1.29 is 19.1 Å². The summed E-state index contributed by atoms with van der Waals surface area (Å²) in [4.78, 5) is 58.9. The molecule has 0 N–H and O–H groups in total. The molecule has 0 radical (unpaired) electrons. The molecule has 1 atom stereocenters. The van der Waals surface area contributed by atoms with Crippen LogP contribution in [0.2, 0.25) is 0 Å². The van der Waals surface area contributed by atoms with Gasteiger partial charge in [0.15, 0.2) is 10.3 Å². The molecule has 0 aliphatic carbocycles. The maximum Gasteiger partial charge on any atom is 0.410 e. The van der Waals surface area contributed by atoms with Crippen molar-refractivity contribution in [3.05, 3.63) is 149 Å². The molecule has 16 heteroatoms. The standard InChI is InChI=1S/C25H31N5O2S.C17H17N.C16H24N4O2S/c1-17-6-8-18(9-7-17)21-22(20-10-13-26-23(28-20)33-5)30(16-27-21)19-11-14-29(15-12-19)24(31)32-25(2,3)4;1-13-4-8-15(9-5-13)12-17(18-3)16-10-6-14(2)7-11-16;1-16(2,3)22-15(21)20-9-6-12(7-10-20)18-11-13-5-8-17-14(19-13)23-4/h6-10,13,16,19H,11-12,14-15H2,1-5H3;4-11,17H,12H2,1-2H3;5,8,11-12H,6-7,9-10H2,1-4H3. The van der Waals surface area contributed by atoms with E-state index in [4.69, 9.17) is 26.0 Å². The van der Waals surface area contributed by atoms with Crippen molar-refractivity contribution >= 4 is 41.9 Å². The van der Waals surface area contributed by atoms with Crippen LogP contribution in [-0.2, 0) is 15.9 Å². The predicted molar refractivity (Wildman–Crippen MR) is 299 cm³/mol. The predicted octanol–water partition coefficient (Wildman–Crippen LogP) is 13.1. The molecule has 8 rings (SSSR count). The average molecular weight is 1040 g/mol. The first-order valence-electron chi connectivity index (χ1n) is 25.2. The summed E-state index contributed by atoms with van der Waals surface area (Å²) in [5.74, 6) is 0. The number of aromatic nitrogens is 6. The van der Waals surface area contributed by atoms with Crippen molar-refractivity contribution in [3.63, 3.8) is 0 Å². The van der Waals surface area contributed by atoms with E-state index < -0.39 is 11.2 Å². The fourth-order valence-electron chi connectivity index (χ4n) is 8.24. The summed E-state index contributed by atoms with van der Waals surface area (Å²) in [5, 5.41) is 1.48. The van der Waals surface area contributed by atoms with Gasteiger partial charge in [0.1, 0.15) is 11.2 Å². The van der Waals surface area contributed by atoms with Crippen LogP contribution in [0, 0.1) is 27.3 Å². The van der Waals surface area contributed by atoms with Crippen molar-refractivity contribution in [2.45, 2.75) is 134 Å². The van der Waals surface area contributed by atoms with E-state index in [1.165, 1.54) is 45.8 Å². The lowest BCUT2D eigenvalue weighted by atomic mass is 9.98. The zero-order valence-electron chi connectivity index (χ0n) is 44.9. The van der Waals surface area contributed by atoms with Gasteiger partial charge in [-0.2, -0.15) is 0 Å². The topological polar surface area (TPSA) is 145 Å². The molecule has 2 fully saturated rings. The molecular weight excluding hydrogens is 965 g/mol. The van der Waals surface area contributed by atoms with Gasteiger partial charge >= 0.3 is 12.2 Å². The molecule has 3 aromatic heterocycles. The Labute approximate surface area is 447 Å². The third-order valence-electron chi connectivity index (χ3n) is 12.2. The minimum Gasteiger partial charge on any atom is -0.444 e. The lowest BCUT2D eigenvalue weighted by Gasteiger charge is -2.34. The van der Waals surface area contributed by atoms with Gasteiger partial charge in [-0.3, -0.25) is 4.99 Å². The SMILES string of the molecule is CSc1nccc(-c2c(-c3ccc(C)cc3)ncn2C2CCN(C(=O)OC(C)(C)C)CC2)n1.CSc1nccc(C=NC2CCN(C(=O)OC(C)(C)C)CC2)n1.[C-]#[N+]C(Cc1ccc(C)cc1)c1ccc(C)cc1. The number of imidazole rings is 1. The summed E-state index contributed by atoms with van der Waals surface area (Å²) in [6.45, 7) is 27.6. The van der Waals surface area contributed by atoms with Crippen LogP contribution < -0.4 is 0 Å². The highest BCUT2D eigenvalue weighted by Gasteiger charge is 2.30. The van der Waals surface area contributed by atoms with E-state index >= 15 is 0 Å². The number of nitrogens with zero attached hydrogens (tertiary/aromatic N) is 10. The van der Waals surface area contributed by atoms with Gasteiger partial charge in [0, 0.05) is 62.0 Å². The van der Waals surface area contributed by atoms with Crippen LogP contribution in [0.1, 0.15) is 113 Å². The Hall–Kier alpha value is -6.57. The minimum absolute atomic E-state index is 0.0756. The Kier molecular flexibility index (Phi) is 20.4. The number of likely N-dealkylation sites (tertiary alicyclic amines) is 2. The van der Waals surface area contributed by atoms with Crippen molar-refractivity contribution in [2.24, 2.45) is 4.99 Å². The van der Waals surface area contributed by atoms with E-state index in [1.807, 2.05) is 72.5 Å². The second kappa shape index (κ2) is 26.6. The van der Waals surface area contributed by atoms with Crippen LogP contribution in [0.4, 0.5) is 9.59 Å². The van der Waals surface area contributed by atoms with E-state index in [2.05, 4.69) is 123 Å². The molecule has 0 bridgehead atoms. The molecule has 14 nitrogen and oxygen atoms in total.